The van der Waals surface area contributed by atoms with Crippen LogP contribution < -0.4 is 4.90 Å². The zero-order chi connectivity index (χ0) is 15.8. The van der Waals surface area contributed by atoms with Crippen LogP contribution in [-0.4, -0.2) is 26.1 Å². The van der Waals surface area contributed by atoms with E-state index in [2.05, 4.69) is 40.0 Å². The van der Waals surface area contributed by atoms with Gasteiger partial charge in [-0.3, -0.25) is 4.98 Å². The first-order valence-electron chi connectivity index (χ1n) is 8.25. The second kappa shape index (κ2) is 5.65. The van der Waals surface area contributed by atoms with Crippen LogP contribution in [0.4, 0.5) is 5.82 Å². The van der Waals surface area contributed by atoms with E-state index in [4.69, 9.17) is 5.10 Å². The van der Waals surface area contributed by atoms with Gasteiger partial charge in [0.2, 0.25) is 0 Å². The van der Waals surface area contributed by atoms with Crippen molar-refractivity contribution in [2.24, 2.45) is 5.92 Å². The molecule has 1 fully saturated rings. The number of rotatable bonds is 3. The molecule has 0 aromatic carbocycles. The molecule has 0 N–H and O–H groups in total. The van der Waals surface area contributed by atoms with Gasteiger partial charge in [-0.05, 0) is 43.5 Å². The topological polar surface area (TPSA) is 46.3 Å². The lowest BCUT2D eigenvalue weighted by atomic mass is 10.0. The highest BCUT2D eigenvalue weighted by Crippen LogP contribution is 2.38. The van der Waals surface area contributed by atoms with Crippen molar-refractivity contribution in [1.82, 2.24) is 19.6 Å². The largest absolute Gasteiger partial charge is 0.346 e. The van der Waals surface area contributed by atoms with Crippen LogP contribution in [0.5, 0.6) is 0 Å². The third-order valence-electron chi connectivity index (χ3n) is 4.81. The fourth-order valence-electron chi connectivity index (χ4n) is 3.46. The van der Waals surface area contributed by atoms with Crippen molar-refractivity contribution >= 4 is 11.5 Å². The second-order valence-corrected chi connectivity index (χ2v) is 6.29. The monoisotopic (exact) mass is 307 g/mol. The van der Waals surface area contributed by atoms with Crippen molar-refractivity contribution in [3.8, 4) is 0 Å². The van der Waals surface area contributed by atoms with Crippen molar-refractivity contribution < 1.29 is 0 Å². The molecule has 1 aliphatic rings. The number of pyridine rings is 1. The molecular weight excluding hydrogens is 286 g/mol. The molecule has 118 valence electrons. The molecule has 5 heteroatoms. The van der Waals surface area contributed by atoms with E-state index < -0.39 is 0 Å². The lowest BCUT2D eigenvalue weighted by molar-refractivity contribution is 0.542. The molecule has 23 heavy (non-hydrogen) atoms. The molecule has 5 nitrogen and oxygen atoms in total. The van der Waals surface area contributed by atoms with Gasteiger partial charge in [0.25, 0.3) is 0 Å². The Hall–Kier alpha value is -2.43. The molecule has 4 rings (SSSR count). The zero-order valence-corrected chi connectivity index (χ0v) is 13.6. The maximum absolute atomic E-state index is 4.81. The van der Waals surface area contributed by atoms with E-state index in [0.29, 0.717) is 12.0 Å². The van der Waals surface area contributed by atoms with Gasteiger partial charge in [0.15, 0.2) is 5.65 Å². The lowest BCUT2D eigenvalue weighted by Gasteiger charge is -2.25. The first-order valence-corrected chi connectivity index (χ1v) is 8.25. The fourth-order valence-corrected chi connectivity index (χ4v) is 3.46. The molecule has 2 atom stereocenters. The van der Waals surface area contributed by atoms with Crippen LogP contribution in [0.15, 0.2) is 42.7 Å². The number of aromatic nitrogens is 4. The van der Waals surface area contributed by atoms with Gasteiger partial charge < -0.3 is 4.90 Å². The Bertz CT molecular complexity index is 811. The van der Waals surface area contributed by atoms with E-state index >= 15 is 0 Å². The summed E-state index contributed by atoms with van der Waals surface area (Å²) in [5.74, 6) is 1.69. The number of hydrogen-bond acceptors (Lipinski definition) is 4. The summed E-state index contributed by atoms with van der Waals surface area (Å²) in [6.45, 7) is 5.33. The summed E-state index contributed by atoms with van der Waals surface area (Å²) >= 11 is 0. The van der Waals surface area contributed by atoms with E-state index in [1.54, 1.807) is 0 Å². The third-order valence-corrected chi connectivity index (χ3v) is 4.81. The first-order chi connectivity index (χ1) is 11.3. The standard InChI is InChI=1S/C18H21N5/c1-3-14-10-16(15-6-4-5-9-19-15)22(12-14)18-8-7-17-20-11-13(2)23(17)21-18/h4-9,11,14,16H,3,10,12H2,1-2H3/t14-,16+/m0/s1. The minimum absolute atomic E-state index is 0.301. The minimum Gasteiger partial charge on any atom is -0.346 e. The van der Waals surface area contributed by atoms with Crippen LogP contribution in [0, 0.1) is 12.8 Å². The van der Waals surface area contributed by atoms with Crippen molar-refractivity contribution in [2.75, 3.05) is 11.4 Å². The molecule has 0 unspecified atom stereocenters. The molecule has 0 spiro atoms. The molecule has 0 bridgehead atoms. The Kier molecular flexibility index (Phi) is 3.48. The highest BCUT2D eigenvalue weighted by atomic mass is 15.3. The molecule has 1 aliphatic heterocycles. The third kappa shape index (κ3) is 2.46. The van der Waals surface area contributed by atoms with Gasteiger partial charge >= 0.3 is 0 Å². The Morgan fingerprint density at radius 2 is 2.09 bits per heavy atom. The molecule has 0 amide bonds. The first kappa shape index (κ1) is 14.2. The van der Waals surface area contributed by atoms with Crippen LogP contribution in [0.25, 0.3) is 5.65 Å². The SMILES string of the molecule is CC[C@H]1C[C@H](c2ccccn2)N(c2ccc3ncc(C)n3n2)C1. The van der Waals surface area contributed by atoms with Gasteiger partial charge in [-0.2, -0.15) is 0 Å². The summed E-state index contributed by atoms with van der Waals surface area (Å²) in [4.78, 5) is 11.3. The van der Waals surface area contributed by atoms with Crippen molar-refractivity contribution in [3.05, 3.63) is 54.1 Å². The Morgan fingerprint density at radius 3 is 2.87 bits per heavy atom. The van der Waals surface area contributed by atoms with Crippen LogP contribution in [0.2, 0.25) is 0 Å². The fraction of sp³-hybridized carbons (Fsp3) is 0.389. The molecule has 1 saturated heterocycles. The maximum Gasteiger partial charge on any atom is 0.153 e. The molecule has 0 aliphatic carbocycles. The molecule has 0 saturated carbocycles. The predicted octanol–water partition coefficient (Wildman–Crippen LogP) is 3.41. The van der Waals surface area contributed by atoms with Gasteiger partial charge in [-0.1, -0.05) is 19.4 Å². The number of imidazole rings is 1. The van der Waals surface area contributed by atoms with Crippen molar-refractivity contribution in [2.45, 2.75) is 32.7 Å². The summed E-state index contributed by atoms with van der Waals surface area (Å²) in [7, 11) is 0. The zero-order valence-electron chi connectivity index (χ0n) is 13.6. The van der Waals surface area contributed by atoms with E-state index in [1.165, 1.54) is 6.42 Å². The molecule has 4 heterocycles. The summed E-state index contributed by atoms with van der Waals surface area (Å²) in [5, 5.41) is 4.81. The number of fused-ring (bicyclic) bond motifs is 1. The van der Waals surface area contributed by atoms with Crippen LogP contribution >= 0.6 is 0 Å². The van der Waals surface area contributed by atoms with Gasteiger partial charge in [0.1, 0.15) is 5.82 Å². The number of aryl methyl sites for hydroxylation is 1. The highest BCUT2D eigenvalue weighted by molar-refractivity contribution is 5.49. The number of anilines is 1. The van der Waals surface area contributed by atoms with Crippen LogP contribution in [0.3, 0.4) is 0 Å². The summed E-state index contributed by atoms with van der Waals surface area (Å²) in [5.41, 5.74) is 3.09. The molecule has 3 aromatic rings. The summed E-state index contributed by atoms with van der Waals surface area (Å²) in [6.07, 6.45) is 6.06. The van der Waals surface area contributed by atoms with E-state index in [-0.39, 0.29) is 0 Å². The van der Waals surface area contributed by atoms with Gasteiger partial charge in [0, 0.05) is 12.7 Å². The number of hydrogen-bond donors (Lipinski definition) is 0. The Morgan fingerprint density at radius 1 is 1.17 bits per heavy atom. The Balaban J connectivity index is 1.75. The van der Waals surface area contributed by atoms with Crippen molar-refractivity contribution in [1.29, 1.82) is 0 Å². The van der Waals surface area contributed by atoms with E-state index in [0.717, 1.165) is 35.8 Å². The second-order valence-electron chi connectivity index (χ2n) is 6.29. The van der Waals surface area contributed by atoms with Gasteiger partial charge in [-0.15, -0.1) is 5.10 Å². The molecule has 3 aromatic heterocycles. The average Bonchev–Trinajstić information content (AvgIpc) is 3.19. The smallest absolute Gasteiger partial charge is 0.153 e. The normalized spacial score (nSPS) is 21.2. The van der Waals surface area contributed by atoms with E-state index in [1.807, 2.05) is 36.0 Å². The Labute approximate surface area is 136 Å². The predicted molar refractivity (Wildman–Crippen MR) is 90.4 cm³/mol. The molecular formula is C18H21N5. The summed E-state index contributed by atoms with van der Waals surface area (Å²) in [6, 6.07) is 10.6. The molecule has 0 radical (unpaired) electrons. The van der Waals surface area contributed by atoms with Gasteiger partial charge in [0.05, 0.1) is 23.6 Å². The number of nitrogens with zero attached hydrogens (tertiary/aromatic N) is 5. The summed E-state index contributed by atoms with van der Waals surface area (Å²) < 4.78 is 1.92. The van der Waals surface area contributed by atoms with Crippen molar-refractivity contribution in [3.63, 3.8) is 0 Å². The van der Waals surface area contributed by atoms with Crippen LogP contribution in [0.1, 0.15) is 37.2 Å². The average molecular weight is 307 g/mol. The quantitative estimate of drug-likeness (QED) is 0.744. The minimum atomic E-state index is 0.301. The maximum atomic E-state index is 4.81. The van der Waals surface area contributed by atoms with E-state index in [9.17, 15) is 0 Å². The van der Waals surface area contributed by atoms with Crippen LogP contribution in [-0.2, 0) is 0 Å². The lowest BCUT2D eigenvalue weighted by Crippen LogP contribution is -2.25. The van der Waals surface area contributed by atoms with Gasteiger partial charge in [-0.25, -0.2) is 9.50 Å². The highest BCUT2D eigenvalue weighted by Gasteiger charge is 2.34.